The molecule has 0 saturated carbocycles. The highest BCUT2D eigenvalue weighted by Gasteiger charge is 2.03. The van der Waals surface area contributed by atoms with E-state index in [1.807, 2.05) is 6.92 Å². The number of hydrogen-bond donors (Lipinski definition) is 3. The van der Waals surface area contributed by atoms with Crippen molar-refractivity contribution in [1.82, 2.24) is 5.43 Å². The molecule has 5 nitrogen and oxygen atoms in total. The molecule has 0 atom stereocenters. The number of benzene rings is 1. The van der Waals surface area contributed by atoms with Gasteiger partial charge in [0.2, 0.25) is 0 Å². The lowest BCUT2D eigenvalue weighted by Crippen LogP contribution is -2.26. The van der Waals surface area contributed by atoms with Crippen molar-refractivity contribution in [3.05, 3.63) is 29.8 Å². The molecule has 0 fully saturated rings. The van der Waals surface area contributed by atoms with Crippen LogP contribution >= 0.6 is 0 Å². The minimum Gasteiger partial charge on any atom is -0.508 e. The molecule has 0 aliphatic heterocycles. The second-order valence-corrected chi connectivity index (χ2v) is 3.33. The molecule has 86 valence electrons. The van der Waals surface area contributed by atoms with Gasteiger partial charge in [0.1, 0.15) is 5.75 Å². The fourth-order valence-corrected chi connectivity index (χ4v) is 1.28. The highest BCUT2D eigenvalue weighted by Crippen LogP contribution is 2.12. The minimum atomic E-state index is -0.688. The molecule has 4 N–H and O–H groups in total. The molecule has 0 aliphatic carbocycles. The molecule has 0 heterocycles. The van der Waals surface area contributed by atoms with Gasteiger partial charge in [-0.3, -0.25) is 0 Å². The Balaban J connectivity index is 2.88. The standard InChI is InChI=1S/C11H15N3O2/c1-2-3-10(13-14-11(12)16)8-4-6-9(15)7-5-8/h4-7,15H,2-3H2,1H3,(H3,12,14,16)/b13-10+. The van der Waals surface area contributed by atoms with Crippen LogP contribution < -0.4 is 11.2 Å². The number of phenolic OH excluding ortho intramolecular Hbond substituents is 1. The Kier molecular flexibility index (Phi) is 4.32. The van der Waals surface area contributed by atoms with Crippen LogP contribution in [-0.4, -0.2) is 16.8 Å². The number of hydrazone groups is 1. The number of carbonyl (C=O) groups is 1. The van der Waals surface area contributed by atoms with Crippen LogP contribution in [0, 0.1) is 0 Å². The summed E-state index contributed by atoms with van der Waals surface area (Å²) in [6.45, 7) is 2.01. The zero-order chi connectivity index (χ0) is 12.0. The lowest BCUT2D eigenvalue weighted by molar-refractivity contribution is 0.249. The summed E-state index contributed by atoms with van der Waals surface area (Å²) in [7, 11) is 0. The van der Waals surface area contributed by atoms with E-state index < -0.39 is 6.03 Å². The average molecular weight is 221 g/mol. The number of carbonyl (C=O) groups excluding carboxylic acids is 1. The largest absolute Gasteiger partial charge is 0.508 e. The summed E-state index contributed by atoms with van der Waals surface area (Å²) in [5, 5.41) is 13.1. The third-order valence-corrected chi connectivity index (χ3v) is 1.99. The summed E-state index contributed by atoms with van der Waals surface area (Å²) in [5.74, 6) is 0.197. The predicted molar refractivity (Wildman–Crippen MR) is 62.3 cm³/mol. The highest BCUT2D eigenvalue weighted by atomic mass is 16.3. The van der Waals surface area contributed by atoms with Gasteiger partial charge in [0, 0.05) is 0 Å². The summed E-state index contributed by atoms with van der Waals surface area (Å²) in [6, 6.07) is 5.95. The molecule has 0 aliphatic rings. The maximum Gasteiger partial charge on any atom is 0.332 e. The van der Waals surface area contributed by atoms with E-state index in [1.54, 1.807) is 24.3 Å². The molecule has 0 unspecified atom stereocenters. The van der Waals surface area contributed by atoms with Crippen LogP contribution in [0.2, 0.25) is 0 Å². The molecule has 1 aromatic rings. The van der Waals surface area contributed by atoms with Crippen molar-refractivity contribution in [3.63, 3.8) is 0 Å². The zero-order valence-electron chi connectivity index (χ0n) is 9.10. The smallest absolute Gasteiger partial charge is 0.332 e. The van der Waals surface area contributed by atoms with Crippen LogP contribution in [0.15, 0.2) is 29.4 Å². The number of amides is 2. The molecule has 16 heavy (non-hydrogen) atoms. The molecule has 0 spiro atoms. The Morgan fingerprint density at radius 2 is 2.06 bits per heavy atom. The van der Waals surface area contributed by atoms with Crippen molar-refractivity contribution in [2.75, 3.05) is 0 Å². The van der Waals surface area contributed by atoms with E-state index >= 15 is 0 Å². The highest BCUT2D eigenvalue weighted by molar-refractivity contribution is 6.01. The minimum absolute atomic E-state index is 0.197. The number of nitrogens with one attached hydrogen (secondary N) is 1. The van der Waals surface area contributed by atoms with Gasteiger partial charge < -0.3 is 10.8 Å². The molecule has 0 aromatic heterocycles. The summed E-state index contributed by atoms with van der Waals surface area (Å²) >= 11 is 0. The topological polar surface area (TPSA) is 87.7 Å². The maximum atomic E-state index is 10.6. The number of rotatable bonds is 4. The van der Waals surface area contributed by atoms with Gasteiger partial charge in [-0.2, -0.15) is 5.10 Å². The van der Waals surface area contributed by atoms with E-state index in [9.17, 15) is 4.79 Å². The third kappa shape index (κ3) is 3.61. The Morgan fingerprint density at radius 1 is 1.44 bits per heavy atom. The summed E-state index contributed by atoms with van der Waals surface area (Å²) in [6.07, 6.45) is 1.63. The number of aromatic hydroxyl groups is 1. The quantitative estimate of drug-likeness (QED) is 0.532. The first-order chi connectivity index (χ1) is 7.63. The number of nitrogens with two attached hydrogens (primary N) is 1. The summed E-state index contributed by atoms with van der Waals surface area (Å²) in [5.41, 5.74) is 8.74. The van der Waals surface area contributed by atoms with Crippen LogP contribution in [0.5, 0.6) is 5.75 Å². The number of hydrogen-bond acceptors (Lipinski definition) is 3. The SMILES string of the molecule is CCC/C(=N\NC(N)=O)c1ccc(O)cc1. The molecule has 5 heteroatoms. The number of nitrogens with zero attached hydrogens (tertiary/aromatic N) is 1. The molecule has 2 amide bonds. The van der Waals surface area contributed by atoms with Crippen LogP contribution in [0.4, 0.5) is 4.79 Å². The predicted octanol–water partition coefficient (Wildman–Crippen LogP) is 1.56. The lowest BCUT2D eigenvalue weighted by atomic mass is 10.1. The van der Waals surface area contributed by atoms with Gasteiger partial charge in [-0.05, 0) is 36.2 Å². The molecule has 1 rings (SSSR count). The van der Waals surface area contributed by atoms with Crippen molar-refractivity contribution in [2.24, 2.45) is 10.8 Å². The van der Waals surface area contributed by atoms with Gasteiger partial charge >= 0.3 is 6.03 Å². The molecule has 0 saturated heterocycles. The van der Waals surface area contributed by atoms with Crippen molar-refractivity contribution in [3.8, 4) is 5.75 Å². The molecule has 0 radical (unpaired) electrons. The Labute approximate surface area is 94.0 Å². The van der Waals surface area contributed by atoms with Crippen molar-refractivity contribution in [2.45, 2.75) is 19.8 Å². The second kappa shape index (κ2) is 5.75. The zero-order valence-corrected chi connectivity index (χ0v) is 9.10. The van der Waals surface area contributed by atoms with Crippen LogP contribution in [0.25, 0.3) is 0 Å². The monoisotopic (exact) mass is 221 g/mol. The normalized spacial score (nSPS) is 11.2. The van der Waals surface area contributed by atoms with E-state index in [1.165, 1.54) is 0 Å². The lowest BCUT2D eigenvalue weighted by Gasteiger charge is -2.05. The molecular formula is C11H15N3O2. The second-order valence-electron chi connectivity index (χ2n) is 3.33. The first-order valence-electron chi connectivity index (χ1n) is 5.05. The van der Waals surface area contributed by atoms with Crippen LogP contribution in [0.1, 0.15) is 25.3 Å². The van der Waals surface area contributed by atoms with Gasteiger partial charge in [0.15, 0.2) is 0 Å². The molecular weight excluding hydrogens is 206 g/mol. The van der Waals surface area contributed by atoms with E-state index in [2.05, 4.69) is 10.5 Å². The average Bonchev–Trinajstić information content (AvgIpc) is 2.25. The van der Waals surface area contributed by atoms with Crippen molar-refractivity contribution in [1.29, 1.82) is 0 Å². The van der Waals surface area contributed by atoms with Gasteiger partial charge in [0.25, 0.3) is 0 Å². The first kappa shape index (κ1) is 12.0. The summed E-state index contributed by atoms with van der Waals surface area (Å²) < 4.78 is 0. The maximum absolute atomic E-state index is 10.6. The molecule has 1 aromatic carbocycles. The van der Waals surface area contributed by atoms with Gasteiger partial charge in [-0.1, -0.05) is 13.3 Å². The fourth-order valence-electron chi connectivity index (χ4n) is 1.28. The molecule has 0 bridgehead atoms. The van der Waals surface area contributed by atoms with Crippen molar-refractivity contribution >= 4 is 11.7 Å². The van der Waals surface area contributed by atoms with E-state index in [4.69, 9.17) is 10.8 Å². The van der Waals surface area contributed by atoms with E-state index in [-0.39, 0.29) is 5.75 Å². The number of phenols is 1. The van der Waals surface area contributed by atoms with Gasteiger partial charge in [-0.25, -0.2) is 10.2 Å². The van der Waals surface area contributed by atoms with Crippen LogP contribution in [-0.2, 0) is 0 Å². The van der Waals surface area contributed by atoms with E-state index in [0.717, 1.165) is 24.1 Å². The number of urea groups is 1. The fraction of sp³-hybridized carbons (Fsp3) is 0.273. The first-order valence-corrected chi connectivity index (χ1v) is 5.05. The Bertz CT molecular complexity index is 385. The summed E-state index contributed by atoms with van der Waals surface area (Å²) in [4.78, 5) is 10.6. The van der Waals surface area contributed by atoms with Crippen LogP contribution in [0.3, 0.4) is 0 Å². The third-order valence-electron chi connectivity index (χ3n) is 1.99. The Morgan fingerprint density at radius 3 is 2.56 bits per heavy atom. The Hall–Kier alpha value is -2.04. The van der Waals surface area contributed by atoms with Crippen molar-refractivity contribution < 1.29 is 9.90 Å². The number of primary amides is 1. The van der Waals surface area contributed by atoms with Gasteiger partial charge in [-0.15, -0.1) is 0 Å². The van der Waals surface area contributed by atoms with E-state index in [0.29, 0.717) is 0 Å². The van der Waals surface area contributed by atoms with Gasteiger partial charge in [0.05, 0.1) is 5.71 Å².